The molecule has 0 fully saturated rings. The van der Waals surface area contributed by atoms with Crippen molar-refractivity contribution in [1.82, 2.24) is 14.8 Å². The molecule has 0 saturated heterocycles. The van der Waals surface area contributed by atoms with Crippen LogP contribution in [0.1, 0.15) is 11.5 Å². The van der Waals surface area contributed by atoms with Gasteiger partial charge < -0.3 is 9.15 Å². The van der Waals surface area contributed by atoms with Crippen molar-refractivity contribution in [1.29, 1.82) is 0 Å². The van der Waals surface area contributed by atoms with Gasteiger partial charge in [-0.25, -0.2) is 9.67 Å². The number of hydrogen-bond acceptors (Lipinski definition) is 5. The average Bonchev–Trinajstić information content (AvgIpc) is 3.05. The summed E-state index contributed by atoms with van der Waals surface area (Å²) in [6.07, 6.45) is 0. The SMILES string of the molecule is COc1cccc(-c2ccc(=O)n(Cc3cccc4nc(C)oc34)n2)c1. The van der Waals surface area contributed by atoms with Crippen molar-refractivity contribution in [2.75, 3.05) is 7.11 Å². The van der Waals surface area contributed by atoms with Crippen LogP contribution in [0.4, 0.5) is 0 Å². The summed E-state index contributed by atoms with van der Waals surface area (Å²) in [6, 6.07) is 16.5. The molecule has 0 unspecified atom stereocenters. The van der Waals surface area contributed by atoms with Gasteiger partial charge in [0, 0.05) is 24.1 Å². The van der Waals surface area contributed by atoms with Crippen LogP contribution in [-0.4, -0.2) is 21.9 Å². The Labute approximate surface area is 149 Å². The number of rotatable bonds is 4. The van der Waals surface area contributed by atoms with Gasteiger partial charge in [0.2, 0.25) is 0 Å². The van der Waals surface area contributed by atoms with E-state index >= 15 is 0 Å². The van der Waals surface area contributed by atoms with Crippen LogP contribution in [0.5, 0.6) is 5.75 Å². The van der Waals surface area contributed by atoms with Gasteiger partial charge >= 0.3 is 0 Å². The number of methoxy groups -OCH3 is 1. The molecule has 0 atom stereocenters. The molecular weight excluding hydrogens is 330 g/mol. The minimum Gasteiger partial charge on any atom is -0.497 e. The third-order valence-corrected chi connectivity index (χ3v) is 4.16. The summed E-state index contributed by atoms with van der Waals surface area (Å²) in [4.78, 5) is 16.6. The molecule has 4 aromatic rings. The summed E-state index contributed by atoms with van der Waals surface area (Å²) in [5.41, 5.74) is 3.73. The second kappa shape index (κ2) is 6.48. The first-order chi connectivity index (χ1) is 12.6. The maximum atomic E-state index is 12.3. The summed E-state index contributed by atoms with van der Waals surface area (Å²) >= 11 is 0. The first kappa shape index (κ1) is 16.1. The highest BCUT2D eigenvalue weighted by molar-refractivity contribution is 5.76. The van der Waals surface area contributed by atoms with Gasteiger partial charge in [-0.15, -0.1) is 0 Å². The lowest BCUT2D eigenvalue weighted by atomic mass is 10.1. The zero-order chi connectivity index (χ0) is 18.1. The number of ether oxygens (including phenoxy) is 1. The number of fused-ring (bicyclic) bond motifs is 1. The van der Waals surface area contributed by atoms with E-state index < -0.39 is 0 Å². The third-order valence-electron chi connectivity index (χ3n) is 4.16. The first-order valence-electron chi connectivity index (χ1n) is 8.22. The van der Waals surface area contributed by atoms with E-state index in [1.165, 1.54) is 10.7 Å². The zero-order valence-electron chi connectivity index (χ0n) is 14.5. The van der Waals surface area contributed by atoms with E-state index in [0.29, 0.717) is 23.7 Å². The molecule has 0 spiro atoms. The monoisotopic (exact) mass is 347 g/mol. The summed E-state index contributed by atoms with van der Waals surface area (Å²) in [5.74, 6) is 1.34. The molecule has 0 saturated carbocycles. The van der Waals surface area contributed by atoms with E-state index in [9.17, 15) is 4.79 Å². The second-order valence-electron chi connectivity index (χ2n) is 5.94. The predicted molar refractivity (Wildman–Crippen MR) is 98.3 cm³/mol. The Morgan fingerprint density at radius 1 is 1.12 bits per heavy atom. The van der Waals surface area contributed by atoms with Gasteiger partial charge in [0.05, 0.1) is 19.3 Å². The van der Waals surface area contributed by atoms with E-state index in [2.05, 4.69) is 10.1 Å². The largest absolute Gasteiger partial charge is 0.497 e. The smallest absolute Gasteiger partial charge is 0.267 e. The quantitative estimate of drug-likeness (QED) is 0.566. The summed E-state index contributed by atoms with van der Waals surface area (Å²) in [7, 11) is 1.62. The lowest BCUT2D eigenvalue weighted by molar-refractivity contribution is 0.415. The predicted octanol–water partition coefficient (Wildman–Crippen LogP) is 3.42. The van der Waals surface area contributed by atoms with Crippen molar-refractivity contribution < 1.29 is 9.15 Å². The van der Waals surface area contributed by atoms with Gasteiger partial charge in [-0.05, 0) is 24.3 Å². The molecule has 0 aliphatic carbocycles. The minimum absolute atomic E-state index is 0.176. The Balaban J connectivity index is 1.75. The lowest BCUT2D eigenvalue weighted by Crippen LogP contribution is -2.22. The van der Waals surface area contributed by atoms with E-state index in [1.807, 2.05) is 42.5 Å². The zero-order valence-corrected chi connectivity index (χ0v) is 14.5. The van der Waals surface area contributed by atoms with Gasteiger partial charge in [0.25, 0.3) is 5.56 Å². The van der Waals surface area contributed by atoms with Crippen LogP contribution in [0, 0.1) is 6.92 Å². The van der Waals surface area contributed by atoms with E-state index in [-0.39, 0.29) is 5.56 Å². The molecule has 0 radical (unpaired) electrons. The van der Waals surface area contributed by atoms with Crippen molar-refractivity contribution in [2.45, 2.75) is 13.5 Å². The topological polar surface area (TPSA) is 70.2 Å². The Morgan fingerprint density at radius 3 is 2.81 bits per heavy atom. The number of oxazole rings is 1. The summed E-state index contributed by atoms with van der Waals surface area (Å²) < 4.78 is 12.4. The second-order valence-corrected chi connectivity index (χ2v) is 5.94. The number of benzene rings is 2. The van der Waals surface area contributed by atoms with Crippen molar-refractivity contribution in [3.05, 3.63) is 76.4 Å². The van der Waals surface area contributed by atoms with Crippen LogP contribution >= 0.6 is 0 Å². The molecule has 2 aromatic carbocycles. The highest BCUT2D eigenvalue weighted by Crippen LogP contribution is 2.22. The van der Waals surface area contributed by atoms with E-state index in [0.717, 1.165) is 22.4 Å². The van der Waals surface area contributed by atoms with Crippen LogP contribution in [-0.2, 0) is 6.54 Å². The fourth-order valence-electron chi connectivity index (χ4n) is 2.90. The maximum Gasteiger partial charge on any atom is 0.267 e. The number of hydrogen-bond donors (Lipinski definition) is 0. The summed E-state index contributed by atoms with van der Waals surface area (Å²) in [6.45, 7) is 2.11. The van der Waals surface area contributed by atoms with Crippen molar-refractivity contribution in [2.24, 2.45) is 0 Å². The molecule has 4 rings (SSSR count). The molecular formula is C20H17N3O3. The molecule has 0 aliphatic rings. The van der Waals surface area contributed by atoms with Crippen molar-refractivity contribution >= 4 is 11.1 Å². The van der Waals surface area contributed by atoms with Gasteiger partial charge in [-0.2, -0.15) is 5.10 Å². The number of aromatic nitrogens is 3. The van der Waals surface area contributed by atoms with E-state index in [4.69, 9.17) is 9.15 Å². The van der Waals surface area contributed by atoms with Crippen LogP contribution in [0.15, 0.2) is 63.8 Å². The van der Waals surface area contributed by atoms with Gasteiger partial charge in [-0.3, -0.25) is 4.79 Å². The van der Waals surface area contributed by atoms with Crippen molar-refractivity contribution in [3.63, 3.8) is 0 Å². The number of aryl methyl sites for hydroxylation is 1. The molecule has 2 aromatic heterocycles. The molecule has 6 heteroatoms. The van der Waals surface area contributed by atoms with Crippen LogP contribution < -0.4 is 10.3 Å². The van der Waals surface area contributed by atoms with Crippen LogP contribution in [0.2, 0.25) is 0 Å². The van der Waals surface area contributed by atoms with Gasteiger partial charge in [-0.1, -0.05) is 24.3 Å². The van der Waals surface area contributed by atoms with Gasteiger partial charge in [0.1, 0.15) is 11.3 Å². The standard InChI is InChI=1S/C20H17N3O3/c1-13-21-18-8-4-6-15(20(18)26-13)12-23-19(24)10-9-17(22-23)14-5-3-7-16(11-14)25-2/h3-11H,12H2,1-2H3. The molecule has 0 aliphatic heterocycles. The number of nitrogens with zero attached hydrogens (tertiary/aromatic N) is 3. The molecule has 2 heterocycles. The minimum atomic E-state index is -0.176. The first-order valence-corrected chi connectivity index (χ1v) is 8.22. The Kier molecular flexibility index (Phi) is 4.01. The Morgan fingerprint density at radius 2 is 1.96 bits per heavy atom. The highest BCUT2D eigenvalue weighted by Gasteiger charge is 2.10. The van der Waals surface area contributed by atoms with Crippen molar-refractivity contribution in [3.8, 4) is 17.0 Å². The van der Waals surface area contributed by atoms with Crippen LogP contribution in [0.3, 0.4) is 0 Å². The average molecular weight is 347 g/mol. The fourth-order valence-corrected chi connectivity index (χ4v) is 2.90. The summed E-state index contributed by atoms with van der Waals surface area (Å²) in [5, 5.41) is 4.51. The third kappa shape index (κ3) is 2.97. The van der Waals surface area contributed by atoms with E-state index in [1.54, 1.807) is 20.1 Å². The van der Waals surface area contributed by atoms with Gasteiger partial charge in [0.15, 0.2) is 11.5 Å². The Bertz CT molecular complexity index is 1140. The Hall–Kier alpha value is -3.41. The molecule has 26 heavy (non-hydrogen) atoms. The molecule has 0 N–H and O–H groups in total. The number of para-hydroxylation sites is 1. The fraction of sp³-hybridized carbons (Fsp3) is 0.150. The maximum absolute atomic E-state index is 12.3. The highest BCUT2D eigenvalue weighted by atomic mass is 16.5. The van der Waals surface area contributed by atoms with Crippen LogP contribution in [0.25, 0.3) is 22.4 Å². The molecule has 0 bridgehead atoms. The molecule has 130 valence electrons. The molecule has 6 nitrogen and oxygen atoms in total. The molecule has 0 amide bonds. The normalized spacial score (nSPS) is 11.0. The lowest BCUT2D eigenvalue weighted by Gasteiger charge is -2.08.